The molecule has 1 fully saturated rings. The Morgan fingerprint density at radius 2 is 2.06 bits per heavy atom. The summed E-state index contributed by atoms with van der Waals surface area (Å²) in [5, 5.41) is 13.4. The van der Waals surface area contributed by atoms with Gasteiger partial charge in [0, 0.05) is 6.07 Å². The highest BCUT2D eigenvalue weighted by atomic mass is 16.5. The normalized spacial score (nSPS) is 18.3. The zero-order valence-corrected chi connectivity index (χ0v) is 10.8. The van der Waals surface area contributed by atoms with Crippen LogP contribution >= 0.6 is 0 Å². The van der Waals surface area contributed by atoms with Crippen molar-refractivity contribution in [2.75, 3.05) is 26.8 Å². The van der Waals surface area contributed by atoms with E-state index < -0.39 is 6.10 Å². The third kappa shape index (κ3) is 3.62. The number of hydrogen-bond acceptors (Lipinski definition) is 4. The van der Waals surface area contributed by atoms with Crippen molar-refractivity contribution in [1.82, 2.24) is 5.32 Å². The summed E-state index contributed by atoms with van der Waals surface area (Å²) in [5.41, 5.74) is 0. The van der Waals surface area contributed by atoms with Gasteiger partial charge in [0.1, 0.15) is 18.1 Å². The lowest BCUT2D eigenvalue weighted by Gasteiger charge is -2.27. The highest BCUT2D eigenvalue weighted by molar-refractivity contribution is 5.32. The second-order valence-corrected chi connectivity index (χ2v) is 4.64. The molecule has 1 aliphatic rings. The minimum absolute atomic E-state index is 0.344. The first-order chi connectivity index (χ1) is 8.79. The Morgan fingerprint density at radius 3 is 2.78 bits per heavy atom. The number of aliphatic hydroxyl groups is 1. The number of piperidine rings is 1. The van der Waals surface area contributed by atoms with E-state index in [4.69, 9.17) is 9.47 Å². The van der Waals surface area contributed by atoms with Crippen LogP contribution < -0.4 is 14.8 Å². The summed E-state index contributed by atoms with van der Waals surface area (Å²) in [5.74, 6) is 1.85. The number of hydrogen-bond donors (Lipinski definition) is 2. The Kier molecular flexibility index (Phi) is 4.84. The maximum Gasteiger partial charge on any atom is 0.123 e. The minimum atomic E-state index is -0.390. The Balaban J connectivity index is 1.82. The van der Waals surface area contributed by atoms with Crippen molar-refractivity contribution in [3.8, 4) is 11.5 Å². The Hall–Kier alpha value is -1.26. The molecule has 4 heteroatoms. The van der Waals surface area contributed by atoms with Gasteiger partial charge in [-0.05, 0) is 44.0 Å². The molecule has 1 atom stereocenters. The lowest BCUT2D eigenvalue weighted by Crippen LogP contribution is -2.36. The molecular weight excluding hydrogens is 230 g/mol. The minimum Gasteiger partial charge on any atom is -0.497 e. The molecule has 18 heavy (non-hydrogen) atoms. The van der Waals surface area contributed by atoms with Gasteiger partial charge in [-0.15, -0.1) is 0 Å². The Labute approximate surface area is 108 Å². The maximum absolute atomic E-state index is 10.1. The molecule has 0 amide bonds. The molecule has 1 unspecified atom stereocenters. The van der Waals surface area contributed by atoms with Crippen molar-refractivity contribution < 1.29 is 14.6 Å². The molecule has 1 aliphatic heterocycles. The fraction of sp³-hybridized carbons (Fsp3) is 0.571. The number of benzene rings is 1. The van der Waals surface area contributed by atoms with Crippen LogP contribution in [0.15, 0.2) is 24.3 Å². The molecule has 1 aromatic rings. The van der Waals surface area contributed by atoms with Gasteiger partial charge in [-0.3, -0.25) is 0 Å². The molecule has 0 aromatic heterocycles. The van der Waals surface area contributed by atoms with Crippen LogP contribution in [-0.2, 0) is 0 Å². The monoisotopic (exact) mass is 251 g/mol. The molecule has 0 bridgehead atoms. The van der Waals surface area contributed by atoms with Crippen molar-refractivity contribution >= 4 is 0 Å². The van der Waals surface area contributed by atoms with E-state index in [-0.39, 0.29) is 0 Å². The predicted molar refractivity (Wildman–Crippen MR) is 70.1 cm³/mol. The number of nitrogens with one attached hydrogen (secondary N) is 1. The first-order valence-corrected chi connectivity index (χ1v) is 6.45. The van der Waals surface area contributed by atoms with Gasteiger partial charge in [-0.2, -0.15) is 0 Å². The smallest absolute Gasteiger partial charge is 0.123 e. The van der Waals surface area contributed by atoms with Crippen LogP contribution in [0.4, 0.5) is 0 Å². The Morgan fingerprint density at radius 1 is 1.33 bits per heavy atom. The van der Waals surface area contributed by atoms with Crippen molar-refractivity contribution in [2.24, 2.45) is 5.92 Å². The topological polar surface area (TPSA) is 50.7 Å². The largest absolute Gasteiger partial charge is 0.497 e. The number of rotatable bonds is 5. The van der Waals surface area contributed by atoms with E-state index in [1.54, 1.807) is 7.11 Å². The van der Waals surface area contributed by atoms with Crippen LogP contribution in [0, 0.1) is 5.92 Å². The lowest BCUT2D eigenvalue weighted by atomic mass is 9.93. The molecule has 0 saturated carbocycles. The van der Waals surface area contributed by atoms with Gasteiger partial charge in [0.25, 0.3) is 0 Å². The van der Waals surface area contributed by atoms with E-state index in [1.165, 1.54) is 0 Å². The van der Waals surface area contributed by atoms with Crippen molar-refractivity contribution in [3.05, 3.63) is 24.3 Å². The van der Waals surface area contributed by atoms with E-state index in [0.29, 0.717) is 12.5 Å². The zero-order valence-electron chi connectivity index (χ0n) is 10.8. The second-order valence-electron chi connectivity index (χ2n) is 4.64. The molecule has 1 aromatic carbocycles. The van der Waals surface area contributed by atoms with Gasteiger partial charge in [-0.25, -0.2) is 0 Å². The zero-order chi connectivity index (χ0) is 12.8. The van der Waals surface area contributed by atoms with Gasteiger partial charge in [-0.1, -0.05) is 6.07 Å². The van der Waals surface area contributed by atoms with Gasteiger partial charge in [0.05, 0.1) is 13.2 Å². The van der Waals surface area contributed by atoms with Crippen LogP contribution in [-0.4, -0.2) is 38.0 Å². The van der Waals surface area contributed by atoms with E-state index in [9.17, 15) is 5.11 Å². The summed E-state index contributed by atoms with van der Waals surface area (Å²) in [6, 6.07) is 7.45. The summed E-state index contributed by atoms with van der Waals surface area (Å²) < 4.78 is 10.7. The molecule has 0 spiro atoms. The summed E-state index contributed by atoms with van der Waals surface area (Å²) in [6.45, 7) is 2.32. The van der Waals surface area contributed by atoms with Crippen LogP contribution in [0.3, 0.4) is 0 Å². The molecule has 0 radical (unpaired) electrons. The molecule has 100 valence electrons. The molecule has 1 saturated heterocycles. The summed E-state index contributed by atoms with van der Waals surface area (Å²) in [4.78, 5) is 0. The van der Waals surface area contributed by atoms with Crippen LogP contribution in [0.2, 0.25) is 0 Å². The van der Waals surface area contributed by atoms with Crippen LogP contribution in [0.1, 0.15) is 12.8 Å². The highest BCUT2D eigenvalue weighted by Gasteiger charge is 2.21. The Bertz CT molecular complexity index is 364. The predicted octanol–water partition coefficient (Wildman–Crippen LogP) is 1.43. The first kappa shape index (κ1) is 13.2. The van der Waals surface area contributed by atoms with Gasteiger partial charge in [0.15, 0.2) is 0 Å². The van der Waals surface area contributed by atoms with Crippen molar-refractivity contribution in [2.45, 2.75) is 18.9 Å². The van der Waals surface area contributed by atoms with Crippen LogP contribution in [0.25, 0.3) is 0 Å². The highest BCUT2D eigenvalue weighted by Crippen LogP contribution is 2.21. The third-order valence-corrected chi connectivity index (χ3v) is 3.39. The average Bonchev–Trinajstić information content (AvgIpc) is 2.46. The van der Waals surface area contributed by atoms with E-state index >= 15 is 0 Å². The second kappa shape index (κ2) is 6.61. The fourth-order valence-electron chi connectivity index (χ4n) is 2.24. The van der Waals surface area contributed by atoms with Gasteiger partial charge < -0.3 is 19.9 Å². The number of ether oxygens (including phenoxy) is 2. The molecule has 4 nitrogen and oxygen atoms in total. The van der Waals surface area contributed by atoms with Crippen molar-refractivity contribution in [1.29, 1.82) is 0 Å². The maximum atomic E-state index is 10.1. The molecule has 0 aliphatic carbocycles. The molecular formula is C14H21NO3. The number of aliphatic hydroxyl groups excluding tert-OH is 1. The van der Waals surface area contributed by atoms with Crippen LogP contribution in [0.5, 0.6) is 11.5 Å². The van der Waals surface area contributed by atoms with Crippen molar-refractivity contribution in [3.63, 3.8) is 0 Å². The van der Waals surface area contributed by atoms with E-state index in [1.807, 2.05) is 24.3 Å². The SMILES string of the molecule is COc1cccc(OCC(O)C2CCNCC2)c1. The average molecular weight is 251 g/mol. The van der Waals surface area contributed by atoms with Gasteiger partial charge in [0.2, 0.25) is 0 Å². The lowest BCUT2D eigenvalue weighted by molar-refractivity contribution is 0.0441. The molecule has 1 heterocycles. The fourth-order valence-corrected chi connectivity index (χ4v) is 2.24. The standard InChI is InChI=1S/C14H21NO3/c1-17-12-3-2-4-13(9-12)18-10-14(16)11-5-7-15-8-6-11/h2-4,9,11,14-16H,5-8,10H2,1H3. The van der Waals surface area contributed by atoms with E-state index in [2.05, 4.69) is 5.32 Å². The number of methoxy groups -OCH3 is 1. The van der Waals surface area contributed by atoms with Gasteiger partial charge >= 0.3 is 0 Å². The molecule has 2 N–H and O–H groups in total. The summed E-state index contributed by atoms with van der Waals surface area (Å²) in [6.07, 6.45) is 1.64. The van der Waals surface area contributed by atoms with E-state index in [0.717, 1.165) is 37.4 Å². The summed E-state index contributed by atoms with van der Waals surface area (Å²) in [7, 11) is 1.63. The third-order valence-electron chi connectivity index (χ3n) is 3.39. The molecule has 2 rings (SSSR count). The first-order valence-electron chi connectivity index (χ1n) is 6.45. The summed E-state index contributed by atoms with van der Waals surface area (Å²) >= 11 is 0. The quantitative estimate of drug-likeness (QED) is 0.831.